The summed E-state index contributed by atoms with van der Waals surface area (Å²) in [4.78, 5) is 4.19. The number of epoxide rings is 1. The van der Waals surface area contributed by atoms with E-state index in [0.29, 0.717) is 16.8 Å². The summed E-state index contributed by atoms with van der Waals surface area (Å²) in [6.07, 6.45) is -3.04. The molecule has 0 spiro atoms. The van der Waals surface area contributed by atoms with Gasteiger partial charge < -0.3 is 9.14 Å². The van der Waals surface area contributed by atoms with Gasteiger partial charge in [-0.1, -0.05) is 6.07 Å². The third kappa shape index (κ3) is 2.03. The summed E-state index contributed by atoms with van der Waals surface area (Å²) in [6, 6.07) is 10.5. The smallest absolute Gasteiger partial charge is 0.353 e. The molecule has 1 saturated heterocycles. The van der Waals surface area contributed by atoms with E-state index in [0.717, 1.165) is 0 Å². The van der Waals surface area contributed by atoms with Crippen LogP contribution in [0, 0.1) is 5.82 Å². The fraction of sp³-hybridized carbons (Fsp3) is 0.188. The molecule has 1 fully saturated rings. The van der Waals surface area contributed by atoms with Gasteiger partial charge in [-0.05, 0) is 36.4 Å². The molecule has 1 atom stereocenters. The highest BCUT2D eigenvalue weighted by Crippen LogP contribution is 2.51. The van der Waals surface area contributed by atoms with E-state index >= 15 is 0 Å². The van der Waals surface area contributed by atoms with Crippen LogP contribution in [0.2, 0.25) is 0 Å². The number of hydrogen-bond donors (Lipinski definition) is 0. The monoisotopic (exact) mass is 322 g/mol. The maximum absolute atomic E-state index is 13.3. The van der Waals surface area contributed by atoms with Crippen molar-refractivity contribution in [1.82, 2.24) is 9.38 Å². The van der Waals surface area contributed by atoms with E-state index in [1.54, 1.807) is 18.2 Å². The average molecular weight is 322 g/mol. The Balaban J connectivity index is 1.96. The van der Waals surface area contributed by atoms with Gasteiger partial charge in [0.25, 0.3) is 0 Å². The quantitative estimate of drug-likeness (QED) is 0.528. The van der Waals surface area contributed by atoms with Crippen molar-refractivity contribution in [1.29, 1.82) is 0 Å². The zero-order valence-electron chi connectivity index (χ0n) is 11.6. The zero-order valence-corrected chi connectivity index (χ0v) is 11.6. The molecule has 3 aromatic rings. The lowest BCUT2D eigenvalue weighted by Gasteiger charge is -2.14. The van der Waals surface area contributed by atoms with E-state index in [1.807, 2.05) is 0 Å². The summed E-state index contributed by atoms with van der Waals surface area (Å²) in [7, 11) is 0. The van der Waals surface area contributed by atoms with Crippen LogP contribution >= 0.6 is 0 Å². The minimum atomic E-state index is -4.55. The fourth-order valence-corrected chi connectivity index (χ4v) is 2.63. The minimum absolute atomic E-state index is 0.208. The molecule has 23 heavy (non-hydrogen) atoms. The number of alkyl halides is 3. The lowest BCUT2D eigenvalue weighted by atomic mass is 10.1. The highest BCUT2D eigenvalue weighted by Gasteiger charge is 2.69. The number of imidazole rings is 1. The first-order valence-electron chi connectivity index (χ1n) is 6.86. The fourth-order valence-electron chi connectivity index (χ4n) is 2.63. The number of halogens is 4. The largest absolute Gasteiger partial charge is 0.427 e. The van der Waals surface area contributed by atoms with Gasteiger partial charge in [0.05, 0.1) is 17.8 Å². The maximum atomic E-state index is 13.3. The van der Waals surface area contributed by atoms with Crippen molar-refractivity contribution in [2.45, 2.75) is 11.8 Å². The van der Waals surface area contributed by atoms with Crippen molar-refractivity contribution in [3.8, 4) is 11.3 Å². The van der Waals surface area contributed by atoms with Crippen molar-refractivity contribution >= 4 is 5.52 Å². The van der Waals surface area contributed by atoms with Gasteiger partial charge in [0.2, 0.25) is 5.60 Å². The summed E-state index contributed by atoms with van der Waals surface area (Å²) in [6.45, 7) is -0.451. The molecule has 1 aromatic carbocycles. The standard InChI is InChI=1S/C16H10F4N2O/c17-11-6-4-10(5-7-11)13-12-3-1-2-8-22(12)14(21-13)15(9-23-15)16(18,19)20/h1-8H,9H2. The van der Waals surface area contributed by atoms with Gasteiger partial charge in [0, 0.05) is 11.8 Å². The summed E-state index contributed by atoms with van der Waals surface area (Å²) < 4.78 is 59.3. The summed E-state index contributed by atoms with van der Waals surface area (Å²) >= 11 is 0. The third-order valence-corrected chi connectivity index (χ3v) is 3.92. The van der Waals surface area contributed by atoms with Gasteiger partial charge in [-0.25, -0.2) is 9.37 Å². The molecular formula is C16H10F4N2O. The van der Waals surface area contributed by atoms with Gasteiger partial charge >= 0.3 is 6.18 Å². The molecule has 118 valence electrons. The predicted molar refractivity (Wildman–Crippen MR) is 74.3 cm³/mol. The second-order valence-electron chi connectivity index (χ2n) is 5.36. The molecule has 0 bridgehead atoms. The van der Waals surface area contributed by atoms with Crippen LogP contribution < -0.4 is 0 Å². The van der Waals surface area contributed by atoms with Crippen molar-refractivity contribution in [3.05, 3.63) is 60.3 Å². The Kier molecular flexibility index (Phi) is 2.81. The van der Waals surface area contributed by atoms with Crippen molar-refractivity contribution in [3.63, 3.8) is 0 Å². The zero-order chi connectivity index (χ0) is 16.2. The number of aromatic nitrogens is 2. The van der Waals surface area contributed by atoms with Crippen molar-refractivity contribution in [2.24, 2.45) is 0 Å². The Morgan fingerprint density at radius 3 is 2.39 bits per heavy atom. The molecule has 0 aliphatic carbocycles. The Labute approximate surface area is 128 Å². The van der Waals surface area contributed by atoms with Crippen LogP contribution in [0.3, 0.4) is 0 Å². The maximum Gasteiger partial charge on any atom is 0.427 e. The van der Waals surface area contributed by atoms with Gasteiger partial charge in [-0.3, -0.25) is 0 Å². The van der Waals surface area contributed by atoms with Crippen molar-refractivity contribution < 1.29 is 22.3 Å². The SMILES string of the molecule is Fc1ccc(-c2nc(C3(C(F)(F)F)CO3)n3ccccc23)cc1. The van der Waals surface area contributed by atoms with Gasteiger partial charge in [0.15, 0.2) is 5.82 Å². The highest BCUT2D eigenvalue weighted by molar-refractivity contribution is 5.78. The number of fused-ring (bicyclic) bond motifs is 1. The Morgan fingerprint density at radius 1 is 1.09 bits per heavy atom. The molecule has 1 unspecified atom stereocenters. The Hall–Kier alpha value is -2.41. The third-order valence-electron chi connectivity index (χ3n) is 3.92. The van der Waals surface area contributed by atoms with Crippen LogP contribution in [0.25, 0.3) is 16.8 Å². The molecular weight excluding hydrogens is 312 g/mol. The topological polar surface area (TPSA) is 29.8 Å². The predicted octanol–water partition coefficient (Wildman–Crippen LogP) is 3.93. The normalized spacial score (nSPS) is 20.9. The lowest BCUT2D eigenvalue weighted by molar-refractivity contribution is -0.189. The number of rotatable bonds is 2. The van der Waals surface area contributed by atoms with E-state index in [9.17, 15) is 17.6 Å². The number of hydrogen-bond acceptors (Lipinski definition) is 2. The van der Waals surface area contributed by atoms with E-state index in [-0.39, 0.29) is 5.82 Å². The molecule has 7 heteroatoms. The molecule has 3 nitrogen and oxygen atoms in total. The van der Waals surface area contributed by atoms with E-state index in [2.05, 4.69) is 4.98 Å². The van der Waals surface area contributed by atoms with E-state index in [4.69, 9.17) is 4.74 Å². The van der Waals surface area contributed by atoms with E-state index in [1.165, 1.54) is 34.9 Å². The molecule has 0 amide bonds. The summed E-state index contributed by atoms with van der Waals surface area (Å²) in [5.74, 6) is -0.630. The van der Waals surface area contributed by atoms with Crippen LogP contribution in [-0.4, -0.2) is 22.2 Å². The van der Waals surface area contributed by atoms with Crippen LogP contribution in [-0.2, 0) is 10.3 Å². The molecule has 3 heterocycles. The first kappa shape index (κ1) is 14.2. The molecule has 1 aliphatic heterocycles. The molecule has 0 N–H and O–H groups in total. The van der Waals surface area contributed by atoms with Crippen LogP contribution in [0.5, 0.6) is 0 Å². The van der Waals surface area contributed by atoms with Crippen LogP contribution in [0.4, 0.5) is 17.6 Å². The van der Waals surface area contributed by atoms with E-state index < -0.39 is 24.2 Å². The summed E-state index contributed by atoms with van der Waals surface area (Å²) in [5, 5.41) is 0. The van der Waals surface area contributed by atoms with Crippen LogP contribution in [0.15, 0.2) is 48.7 Å². The molecule has 4 rings (SSSR count). The lowest BCUT2D eigenvalue weighted by Crippen LogP contribution is -2.32. The molecule has 2 aromatic heterocycles. The Morgan fingerprint density at radius 2 is 1.78 bits per heavy atom. The second-order valence-corrected chi connectivity index (χ2v) is 5.36. The van der Waals surface area contributed by atoms with Crippen LogP contribution in [0.1, 0.15) is 5.82 Å². The molecule has 0 saturated carbocycles. The second kappa shape index (κ2) is 4.55. The van der Waals surface area contributed by atoms with Gasteiger partial charge in [0.1, 0.15) is 5.82 Å². The number of ether oxygens (including phenoxy) is 1. The summed E-state index contributed by atoms with van der Waals surface area (Å²) in [5.41, 5.74) is -0.956. The number of pyridine rings is 1. The minimum Gasteiger partial charge on any atom is -0.353 e. The van der Waals surface area contributed by atoms with Gasteiger partial charge in [-0.2, -0.15) is 13.2 Å². The first-order chi connectivity index (χ1) is 10.9. The molecule has 0 radical (unpaired) electrons. The number of nitrogens with zero attached hydrogens (tertiary/aromatic N) is 2. The van der Waals surface area contributed by atoms with Crippen molar-refractivity contribution in [2.75, 3.05) is 6.61 Å². The number of benzene rings is 1. The first-order valence-corrected chi connectivity index (χ1v) is 6.86. The Bertz CT molecular complexity index is 879. The highest BCUT2D eigenvalue weighted by atomic mass is 19.4. The molecule has 1 aliphatic rings. The average Bonchev–Trinajstić information content (AvgIpc) is 3.25. The van der Waals surface area contributed by atoms with Gasteiger partial charge in [-0.15, -0.1) is 0 Å².